The molecule has 0 radical (unpaired) electrons. The molecule has 2 fully saturated rings. The van der Waals surface area contributed by atoms with Crippen LogP contribution in [0.1, 0.15) is 46.5 Å². The molecule has 2 aliphatic rings. The highest BCUT2D eigenvalue weighted by atomic mass is 14.6. The van der Waals surface area contributed by atoms with Crippen LogP contribution in [0.3, 0.4) is 0 Å². The zero-order chi connectivity index (χ0) is 8.06. The zero-order valence-corrected chi connectivity index (χ0v) is 8.06. The lowest BCUT2D eigenvalue weighted by Gasteiger charge is -2.49. The minimum absolute atomic E-state index is 0.805. The lowest BCUT2D eigenvalue weighted by atomic mass is 9.55. The van der Waals surface area contributed by atoms with Crippen molar-refractivity contribution >= 4 is 0 Å². The zero-order valence-electron chi connectivity index (χ0n) is 8.06. The minimum Gasteiger partial charge on any atom is -0.0622 e. The third-order valence-corrected chi connectivity index (χ3v) is 4.85. The monoisotopic (exact) mass is 152 g/mol. The third kappa shape index (κ3) is 0.816. The summed E-state index contributed by atoms with van der Waals surface area (Å²) in [5, 5.41) is 0. The molecule has 0 nitrogen and oxygen atoms in total. The van der Waals surface area contributed by atoms with Gasteiger partial charge in [-0.05, 0) is 48.9 Å². The van der Waals surface area contributed by atoms with Crippen LogP contribution in [0.15, 0.2) is 0 Å². The molecular weight excluding hydrogens is 132 g/mol. The van der Waals surface area contributed by atoms with Gasteiger partial charge < -0.3 is 0 Å². The number of rotatable bonds is 0. The molecule has 0 heteroatoms. The first-order valence-electron chi connectivity index (χ1n) is 5.17. The summed E-state index contributed by atoms with van der Waals surface area (Å²) < 4.78 is 0. The Hall–Kier alpha value is 0. The largest absolute Gasteiger partial charge is 0.0622 e. The summed E-state index contributed by atoms with van der Waals surface area (Å²) in [4.78, 5) is 0. The fourth-order valence-electron chi connectivity index (χ4n) is 3.39. The van der Waals surface area contributed by atoms with Crippen molar-refractivity contribution in [2.75, 3.05) is 0 Å². The van der Waals surface area contributed by atoms with Gasteiger partial charge in [0.15, 0.2) is 0 Å². The van der Waals surface area contributed by atoms with Crippen LogP contribution in [-0.4, -0.2) is 0 Å². The Morgan fingerprint density at radius 3 is 1.82 bits per heavy atom. The first-order chi connectivity index (χ1) is 5.17. The average molecular weight is 152 g/mol. The van der Waals surface area contributed by atoms with Crippen molar-refractivity contribution in [3.63, 3.8) is 0 Å². The van der Waals surface area contributed by atoms with E-state index in [1.165, 1.54) is 25.7 Å². The Morgan fingerprint density at radius 1 is 1.00 bits per heavy atom. The second-order valence-electron chi connectivity index (χ2n) is 4.98. The number of hydrogen-bond donors (Lipinski definition) is 0. The van der Waals surface area contributed by atoms with E-state index < -0.39 is 0 Å². The van der Waals surface area contributed by atoms with E-state index >= 15 is 0 Å². The molecular formula is C11H20. The Kier molecular flexibility index (Phi) is 1.56. The van der Waals surface area contributed by atoms with Crippen LogP contribution in [-0.2, 0) is 0 Å². The number of hydrogen-bond acceptors (Lipinski definition) is 0. The Bertz CT molecular complexity index is 161. The predicted octanol–water partition coefficient (Wildman–Crippen LogP) is 3.47. The van der Waals surface area contributed by atoms with Crippen LogP contribution in [0, 0.1) is 23.2 Å². The van der Waals surface area contributed by atoms with Crippen LogP contribution in [0.5, 0.6) is 0 Å². The van der Waals surface area contributed by atoms with E-state index in [4.69, 9.17) is 0 Å². The highest BCUT2D eigenvalue weighted by Crippen LogP contribution is 2.61. The van der Waals surface area contributed by atoms with Gasteiger partial charge in [-0.2, -0.15) is 0 Å². The molecule has 0 aromatic rings. The second-order valence-corrected chi connectivity index (χ2v) is 4.98. The maximum absolute atomic E-state index is 2.48. The van der Waals surface area contributed by atoms with E-state index in [0.29, 0.717) is 0 Å². The van der Waals surface area contributed by atoms with Gasteiger partial charge in [-0.3, -0.25) is 0 Å². The Morgan fingerprint density at radius 2 is 1.64 bits per heavy atom. The van der Waals surface area contributed by atoms with E-state index in [1.807, 2.05) is 0 Å². The first-order valence-corrected chi connectivity index (χ1v) is 5.17. The summed E-state index contributed by atoms with van der Waals surface area (Å²) >= 11 is 0. The second kappa shape index (κ2) is 2.24. The quantitative estimate of drug-likeness (QED) is 0.498. The molecule has 2 saturated carbocycles. The molecule has 0 heterocycles. The summed E-state index contributed by atoms with van der Waals surface area (Å²) in [7, 11) is 0. The molecule has 0 bridgehead atoms. The Labute approximate surface area is 70.4 Å². The molecule has 4 unspecified atom stereocenters. The van der Waals surface area contributed by atoms with Crippen molar-refractivity contribution in [3.8, 4) is 0 Å². The van der Waals surface area contributed by atoms with Crippen LogP contribution in [0.25, 0.3) is 0 Å². The molecule has 64 valence electrons. The van der Waals surface area contributed by atoms with Gasteiger partial charge in [0.1, 0.15) is 0 Å². The van der Waals surface area contributed by atoms with Crippen LogP contribution in [0.2, 0.25) is 0 Å². The SMILES string of the molecule is CC1CCC2(CCC2C)C1C. The van der Waals surface area contributed by atoms with Crippen molar-refractivity contribution in [2.24, 2.45) is 23.2 Å². The molecule has 2 rings (SSSR count). The van der Waals surface area contributed by atoms with Crippen molar-refractivity contribution in [1.29, 1.82) is 0 Å². The van der Waals surface area contributed by atoms with E-state index in [9.17, 15) is 0 Å². The first kappa shape index (κ1) is 7.64. The molecule has 1 spiro atoms. The molecule has 0 amide bonds. The third-order valence-electron chi connectivity index (χ3n) is 4.85. The molecule has 0 saturated heterocycles. The van der Waals surface area contributed by atoms with Crippen molar-refractivity contribution in [3.05, 3.63) is 0 Å². The lowest BCUT2D eigenvalue weighted by Crippen LogP contribution is -2.41. The molecule has 0 N–H and O–H groups in total. The standard InChI is InChI=1S/C11H20/c1-8-4-6-11(10(8)3)7-5-9(11)2/h8-10H,4-7H2,1-3H3. The topological polar surface area (TPSA) is 0 Å². The highest BCUT2D eigenvalue weighted by molar-refractivity contribution is 5.02. The van der Waals surface area contributed by atoms with Crippen molar-refractivity contribution < 1.29 is 0 Å². The summed E-state index contributed by atoms with van der Waals surface area (Å²) in [6, 6.07) is 0. The summed E-state index contributed by atoms with van der Waals surface area (Å²) in [6.45, 7) is 7.37. The fraction of sp³-hybridized carbons (Fsp3) is 1.00. The predicted molar refractivity (Wildman–Crippen MR) is 48.4 cm³/mol. The van der Waals surface area contributed by atoms with Crippen LogP contribution >= 0.6 is 0 Å². The Balaban J connectivity index is 2.15. The van der Waals surface area contributed by atoms with Gasteiger partial charge >= 0.3 is 0 Å². The van der Waals surface area contributed by atoms with Gasteiger partial charge in [0.25, 0.3) is 0 Å². The fourth-order valence-corrected chi connectivity index (χ4v) is 3.39. The van der Waals surface area contributed by atoms with Gasteiger partial charge in [-0.15, -0.1) is 0 Å². The van der Waals surface area contributed by atoms with Crippen LogP contribution < -0.4 is 0 Å². The maximum Gasteiger partial charge on any atom is -0.0243 e. The molecule has 11 heavy (non-hydrogen) atoms. The van der Waals surface area contributed by atoms with Gasteiger partial charge in [-0.25, -0.2) is 0 Å². The van der Waals surface area contributed by atoms with Crippen LogP contribution in [0.4, 0.5) is 0 Å². The summed E-state index contributed by atoms with van der Waals surface area (Å²) in [5.41, 5.74) is 0.805. The van der Waals surface area contributed by atoms with E-state index in [-0.39, 0.29) is 0 Å². The van der Waals surface area contributed by atoms with Gasteiger partial charge in [0.2, 0.25) is 0 Å². The minimum atomic E-state index is 0.805. The van der Waals surface area contributed by atoms with E-state index in [1.54, 1.807) is 0 Å². The van der Waals surface area contributed by atoms with E-state index in [0.717, 1.165) is 23.2 Å². The maximum atomic E-state index is 2.48. The van der Waals surface area contributed by atoms with Gasteiger partial charge in [-0.1, -0.05) is 20.8 Å². The van der Waals surface area contributed by atoms with Crippen molar-refractivity contribution in [1.82, 2.24) is 0 Å². The van der Waals surface area contributed by atoms with Crippen molar-refractivity contribution in [2.45, 2.75) is 46.5 Å². The van der Waals surface area contributed by atoms with E-state index in [2.05, 4.69) is 20.8 Å². The normalized spacial score (nSPS) is 56.5. The average Bonchev–Trinajstić information content (AvgIpc) is 2.29. The molecule has 0 aromatic carbocycles. The smallest absolute Gasteiger partial charge is 0.0243 e. The summed E-state index contributed by atoms with van der Waals surface area (Å²) in [5.74, 6) is 3.03. The van der Waals surface area contributed by atoms with Gasteiger partial charge in [0, 0.05) is 0 Å². The molecule has 2 aliphatic carbocycles. The highest BCUT2D eigenvalue weighted by Gasteiger charge is 2.52. The molecule has 4 atom stereocenters. The van der Waals surface area contributed by atoms with Gasteiger partial charge in [0.05, 0.1) is 0 Å². The molecule has 0 aliphatic heterocycles. The summed E-state index contributed by atoms with van der Waals surface area (Å²) in [6.07, 6.45) is 6.04. The molecule has 0 aromatic heterocycles. The lowest BCUT2D eigenvalue weighted by molar-refractivity contribution is 0.000239.